The highest BCUT2D eigenvalue weighted by Gasteiger charge is 2.22. The number of hydrogen-bond donors (Lipinski definition) is 2. The molecule has 7 heteroatoms. The zero-order valence-electron chi connectivity index (χ0n) is 16.5. The van der Waals surface area contributed by atoms with Crippen LogP contribution >= 0.6 is 0 Å². The normalized spacial score (nSPS) is 11.9. The highest BCUT2D eigenvalue weighted by molar-refractivity contribution is 6.07. The second-order valence-corrected chi connectivity index (χ2v) is 7.11. The monoisotopic (exact) mass is 416 g/mol. The molecule has 3 aromatic carbocycles. The van der Waals surface area contributed by atoms with Crippen LogP contribution in [0.15, 0.2) is 82.0 Å². The van der Waals surface area contributed by atoms with Crippen LogP contribution in [0.3, 0.4) is 0 Å². The van der Waals surface area contributed by atoms with Gasteiger partial charge < -0.3 is 20.2 Å². The fourth-order valence-electron chi connectivity index (χ4n) is 3.60. The summed E-state index contributed by atoms with van der Waals surface area (Å²) in [4.78, 5) is 36.2. The average Bonchev–Trinajstić information content (AvgIpc) is 2.76. The van der Waals surface area contributed by atoms with Gasteiger partial charge in [-0.2, -0.15) is 0 Å². The number of hydrogen-bond acceptors (Lipinski definition) is 5. The highest BCUT2D eigenvalue weighted by atomic mass is 16.5. The van der Waals surface area contributed by atoms with Gasteiger partial charge in [-0.25, -0.2) is 14.4 Å². The molecule has 1 atom stereocenters. The molecule has 7 nitrogen and oxygen atoms in total. The Balaban J connectivity index is 1.62. The molecule has 0 aliphatic heterocycles. The lowest BCUT2D eigenvalue weighted by atomic mass is 10.0. The Morgan fingerprint density at radius 2 is 1.74 bits per heavy atom. The van der Waals surface area contributed by atoms with E-state index in [1.807, 2.05) is 60.7 Å². The van der Waals surface area contributed by atoms with Crippen LogP contribution in [0.25, 0.3) is 21.7 Å². The molecule has 0 spiro atoms. The number of nitrogens with two attached hydrogens (primary N) is 1. The lowest BCUT2D eigenvalue weighted by Gasteiger charge is -2.17. The Morgan fingerprint density at radius 1 is 1.00 bits per heavy atom. The molecule has 0 radical (unpaired) electrons. The molecule has 0 aliphatic carbocycles. The molecular formula is C24H20N2O5. The van der Waals surface area contributed by atoms with Crippen molar-refractivity contribution in [3.8, 4) is 0 Å². The largest absolute Gasteiger partial charge is 0.459 e. The molecule has 2 amide bonds. The molecule has 156 valence electrons. The smallest absolute Gasteiger partial charge is 0.336 e. The second-order valence-electron chi connectivity index (χ2n) is 7.11. The summed E-state index contributed by atoms with van der Waals surface area (Å²) < 4.78 is 10.8. The third kappa shape index (κ3) is 4.56. The second kappa shape index (κ2) is 8.71. The van der Waals surface area contributed by atoms with Crippen LogP contribution in [0.4, 0.5) is 4.79 Å². The van der Waals surface area contributed by atoms with Gasteiger partial charge in [0.25, 0.3) is 0 Å². The van der Waals surface area contributed by atoms with Gasteiger partial charge >= 0.3 is 17.6 Å². The van der Waals surface area contributed by atoms with E-state index < -0.39 is 23.7 Å². The highest BCUT2D eigenvalue weighted by Crippen LogP contribution is 2.27. The summed E-state index contributed by atoms with van der Waals surface area (Å²) in [5.74, 6) is -0.649. The zero-order chi connectivity index (χ0) is 21.8. The van der Waals surface area contributed by atoms with Crippen LogP contribution in [-0.4, -0.2) is 18.0 Å². The van der Waals surface area contributed by atoms with E-state index in [4.69, 9.17) is 14.9 Å². The summed E-state index contributed by atoms with van der Waals surface area (Å²) in [7, 11) is 0. The number of primary amides is 1. The van der Waals surface area contributed by atoms with Crippen molar-refractivity contribution in [3.05, 3.63) is 94.3 Å². The molecule has 0 bridgehead atoms. The van der Waals surface area contributed by atoms with Crippen molar-refractivity contribution in [3.63, 3.8) is 0 Å². The van der Waals surface area contributed by atoms with Crippen molar-refractivity contribution in [2.75, 3.05) is 0 Å². The molecule has 1 heterocycles. The molecule has 0 saturated heterocycles. The van der Waals surface area contributed by atoms with Crippen LogP contribution in [0.1, 0.15) is 11.1 Å². The summed E-state index contributed by atoms with van der Waals surface area (Å²) in [5, 5.41) is 4.98. The van der Waals surface area contributed by atoms with E-state index >= 15 is 0 Å². The molecule has 0 unspecified atom stereocenters. The number of carbonyl (C=O) groups excluding carboxylic acids is 2. The van der Waals surface area contributed by atoms with E-state index in [9.17, 15) is 14.4 Å². The Labute approximate surface area is 177 Å². The molecule has 4 aromatic rings. The number of nitrogens with one attached hydrogen (secondary N) is 1. The first-order valence-electron chi connectivity index (χ1n) is 9.72. The fraction of sp³-hybridized carbons (Fsp3) is 0.125. The maximum atomic E-state index is 12.7. The lowest BCUT2D eigenvalue weighted by Crippen LogP contribution is -2.45. The number of esters is 1. The van der Waals surface area contributed by atoms with Gasteiger partial charge in [-0.05, 0) is 22.4 Å². The van der Waals surface area contributed by atoms with E-state index in [1.165, 1.54) is 6.07 Å². The first-order chi connectivity index (χ1) is 15.0. The van der Waals surface area contributed by atoms with E-state index in [-0.39, 0.29) is 13.0 Å². The minimum absolute atomic E-state index is 0.152. The van der Waals surface area contributed by atoms with Gasteiger partial charge in [-0.15, -0.1) is 0 Å². The maximum Gasteiger partial charge on any atom is 0.336 e. The molecule has 0 aliphatic rings. The summed E-state index contributed by atoms with van der Waals surface area (Å²) in [5.41, 5.74) is 6.48. The van der Waals surface area contributed by atoms with Gasteiger partial charge in [0.2, 0.25) is 0 Å². The molecular weight excluding hydrogens is 396 g/mol. The Hall–Kier alpha value is -4.13. The van der Waals surface area contributed by atoms with Gasteiger partial charge in [0.1, 0.15) is 18.2 Å². The molecule has 4 rings (SSSR count). The fourth-order valence-corrected chi connectivity index (χ4v) is 3.60. The first-order valence-corrected chi connectivity index (χ1v) is 9.72. The van der Waals surface area contributed by atoms with Crippen molar-refractivity contribution >= 4 is 33.7 Å². The number of carbonyl (C=O) groups is 2. The molecule has 3 N–H and O–H groups in total. The molecule has 0 fully saturated rings. The Kier molecular flexibility index (Phi) is 5.66. The summed E-state index contributed by atoms with van der Waals surface area (Å²) in [6.07, 6.45) is 0.225. The number of benzene rings is 3. The van der Waals surface area contributed by atoms with Crippen molar-refractivity contribution < 1.29 is 18.7 Å². The van der Waals surface area contributed by atoms with Gasteiger partial charge in [0.15, 0.2) is 0 Å². The van der Waals surface area contributed by atoms with E-state index in [0.717, 1.165) is 16.3 Å². The number of rotatable bonds is 6. The van der Waals surface area contributed by atoms with Crippen LogP contribution < -0.4 is 16.7 Å². The third-order valence-electron chi connectivity index (χ3n) is 4.97. The number of amides is 2. The summed E-state index contributed by atoms with van der Waals surface area (Å²) in [6.45, 7) is -0.152. The quantitative estimate of drug-likeness (QED) is 0.285. The van der Waals surface area contributed by atoms with Gasteiger partial charge in [-0.1, -0.05) is 60.7 Å². The predicted molar refractivity (Wildman–Crippen MR) is 116 cm³/mol. The van der Waals surface area contributed by atoms with E-state index in [2.05, 4.69) is 5.32 Å². The minimum atomic E-state index is -0.956. The number of urea groups is 1. The SMILES string of the molecule is NC(=O)N[C@@H](Cc1ccccc1)C(=O)OCc1cc(=O)oc2ccc3ccccc3c12. The third-order valence-corrected chi connectivity index (χ3v) is 4.97. The van der Waals surface area contributed by atoms with E-state index in [0.29, 0.717) is 16.5 Å². The maximum absolute atomic E-state index is 12.7. The first kappa shape index (κ1) is 20.2. The standard InChI is InChI=1S/C24H20N2O5/c25-24(29)26-19(12-15-6-2-1-3-7-15)23(28)30-14-17-13-21(27)31-20-11-10-16-8-4-5-9-18(16)22(17)20/h1-11,13,19H,12,14H2,(H3,25,26,29)/t19-/m0/s1. The lowest BCUT2D eigenvalue weighted by molar-refractivity contribution is -0.147. The van der Waals surface area contributed by atoms with E-state index in [1.54, 1.807) is 6.07 Å². The van der Waals surface area contributed by atoms with Gasteiger partial charge in [-0.3, -0.25) is 0 Å². The molecule has 31 heavy (non-hydrogen) atoms. The van der Waals surface area contributed by atoms with Crippen molar-refractivity contribution in [1.82, 2.24) is 5.32 Å². The minimum Gasteiger partial charge on any atom is -0.459 e. The Bertz CT molecular complexity index is 1310. The van der Waals surface area contributed by atoms with Crippen LogP contribution in [0.2, 0.25) is 0 Å². The molecule has 1 aromatic heterocycles. The number of fused-ring (bicyclic) bond motifs is 3. The average molecular weight is 416 g/mol. The number of ether oxygens (including phenoxy) is 1. The molecule has 0 saturated carbocycles. The van der Waals surface area contributed by atoms with Crippen LogP contribution in [0, 0.1) is 0 Å². The Morgan fingerprint density at radius 3 is 2.52 bits per heavy atom. The van der Waals surface area contributed by atoms with Crippen molar-refractivity contribution in [2.45, 2.75) is 19.1 Å². The van der Waals surface area contributed by atoms with Gasteiger partial charge in [0, 0.05) is 23.4 Å². The topological polar surface area (TPSA) is 112 Å². The summed E-state index contributed by atoms with van der Waals surface area (Å²) >= 11 is 0. The van der Waals surface area contributed by atoms with Crippen molar-refractivity contribution in [1.29, 1.82) is 0 Å². The van der Waals surface area contributed by atoms with Crippen LogP contribution in [0.5, 0.6) is 0 Å². The van der Waals surface area contributed by atoms with Crippen LogP contribution in [-0.2, 0) is 22.6 Å². The zero-order valence-corrected chi connectivity index (χ0v) is 16.5. The predicted octanol–water partition coefficient (Wildman–Crippen LogP) is 3.27. The van der Waals surface area contributed by atoms with Crippen molar-refractivity contribution in [2.24, 2.45) is 5.73 Å². The summed E-state index contributed by atoms with van der Waals surface area (Å²) in [6, 6.07) is 20.0. The van der Waals surface area contributed by atoms with Gasteiger partial charge in [0.05, 0.1) is 0 Å².